The molecular formula is C18H26IN5S. The van der Waals surface area contributed by atoms with Gasteiger partial charge in [0.2, 0.25) is 0 Å². The average Bonchev–Trinajstić information content (AvgIpc) is 3.15. The molecule has 1 saturated heterocycles. The van der Waals surface area contributed by atoms with Crippen LogP contribution in [0, 0.1) is 6.92 Å². The summed E-state index contributed by atoms with van der Waals surface area (Å²) in [5.41, 5.74) is 2.59. The molecule has 0 bridgehead atoms. The van der Waals surface area contributed by atoms with Gasteiger partial charge in [0.15, 0.2) is 5.96 Å². The maximum absolute atomic E-state index is 4.46. The van der Waals surface area contributed by atoms with Crippen LogP contribution >= 0.6 is 35.3 Å². The van der Waals surface area contributed by atoms with E-state index in [1.54, 1.807) is 0 Å². The van der Waals surface area contributed by atoms with E-state index in [0.29, 0.717) is 0 Å². The lowest BCUT2D eigenvalue weighted by Gasteiger charge is -2.37. The molecule has 1 N–H and O–H groups in total. The number of aromatic nitrogens is 1. The van der Waals surface area contributed by atoms with Gasteiger partial charge in [-0.15, -0.1) is 35.3 Å². The van der Waals surface area contributed by atoms with Crippen LogP contribution in [-0.2, 0) is 6.42 Å². The van der Waals surface area contributed by atoms with Crippen molar-refractivity contribution >= 4 is 46.3 Å². The molecule has 25 heavy (non-hydrogen) atoms. The quantitative estimate of drug-likeness (QED) is 0.423. The lowest BCUT2D eigenvalue weighted by Crippen LogP contribution is -2.52. The highest BCUT2D eigenvalue weighted by molar-refractivity contribution is 14.0. The van der Waals surface area contributed by atoms with Crippen LogP contribution in [-0.4, -0.2) is 55.6 Å². The molecule has 0 spiro atoms. The molecule has 0 radical (unpaired) electrons. The zero-order valence-corrected chi connectivity index (χ0v) is 18.0. The lowest BCUT2D eigenvalue weighted by molar-refractivity contribution is 0.374. The van der Waals surface area contributed by atoms with Crippen LogP contribution in [0.1, 0.15) is 11.1 Å². The minimum atomic E-state index is 0. The number of hydrogen-bond acceptors (Lipinski definition) is 4. The van der Waals surface area contributed by atoms with E-state index in [2.05, 4.69) is 55.6 Å². The Bertz CT molecular complexity index is 666. The molecule has 2 aromatic rings. The van der Waals surface area contributed by atoms with E-state index in [1.165, 1.54) is 16.1 Å². The SMILES string of the molecule is CN=C(NCCc1ccncc1C)N1CCN(c2cccs2)CC1.I. The fourth-order valence-corrected chi connectivity index (χ4v) is 3.80. The minimum absolute atomic E-state index is 0. The summed E-state index contributed by atoms with van der Waals surface area (Å²) in [6.07, 6.45) is 4.78. The summed E-state index contributed by atoms with van der Waals surface area (Å²) in [5, 5.41) is 7.01. The van der Waals surface area contributed by atoms with Gasteiger partial charge in [0.05, 0.1) is 5.00 Å². The highest BCUT2D eigenvalue weighted by Crippen LogP contribution is 2.22. The third-order valence-corrected chi connectivity index (χ3v) is 5.35. The topological polar surface area (TPSA) is 43.8 Å². The molecule has 0 unspecified atom stereocenters. The fraction of sp³-hybridized carbons (Fsp3) is 0.444. The smallest absolute Gasteiger partial charge is 0.193 e. The first-order valence-electron chi connectivity index (χ1n) is 8.41. The second-order valence-electron chi connectivity index (χ2n) is 5.95. The van der Waals surface area contributed by atoms with Crippen molar-refractivity contribution in [2.75, 3.05) is 44.7 Å². The van der Waals surface area contributed by atoms with Gasteiger partial charge in [-0.3, -0.25) is 9.98 Å². The molecule has 2 aromatic heterocycles. The first-order valence-corrected chi connectivity index (χ1v) is 9.29. The fourth-order valence-electron chi connectivity index (χ4n) is 3.01. The van der Waals surface area contributed by atoms with Crippen molar-refractivity contribution in [3.8, 4) is 0 Å². The van der Waals surface area contributed by atoms with Gasteiger partial charge in [-0.2, -0.15) is 0 Å². The summed E-state index contributed by atoms with van der Waals surface area (Å²) in [6, 6.07) is 6.41. The van der Waals surface area contributed by atoms with E-state index in [4.69, 9.17) is 0 Å². The van der Waals surface area contributed by atoms with Gasteiger partial charge in [0.25, 0.3) is 0 Å². The molecule has 5 nitrogen and oxygen atoms in total. The van der Waals surface area contributed by atoms with Gasteiger partial charge in [-0.05, 0) is 48.1 Å². The summed E-state index contributed by atoms with van der Waals surface area (Å²) in [6.45, 7) is 7.11. The molecule has 136 valence electrons. The predicted octanol–water partition coefficient (Wildman–Crippen LogP) is 3.01. The average molecular weight is 471 g/mol. The van der Waals surface area contributed by atoms with Crippen molar-refractivity contribution < 1.29 is 0 Å². The Hall–Kier alpha value is -1.35. The number of thiophene rings is 1. The molecule has 0 aliphatic carbocycles. The molecule has 1 fully saturated rings. The molecule has 0 amide bonds. The van der Waals surface area contributed by atoms with Crippen molar-refractivity contribution in [1.82, 2.24) is 15.2 Å². The molecule has 7 heteroatoms. The van der Waals surface area contributed by atoms with E-state index < -0.39 is 0 Å². The van der Waals surface area contributed by atoms with Crippen LogP contribution in [0.15, 0.2) is 41.0 Å². The Labute approximate surface area is 171 Å². The molecule has 0 saturated carbocycles. The van der Waals surface area contributed by atoms with Gasteiger partial charge < -0.3 is 15.1 Å². The molecular weight excluding hydrogens is 445 g/mol. The van der Waals surface area contributed by atoms with Crippen molar-refractivity contribution in [3.05, 3.63) is 47.1 Å². The maximum atomic E-state index is 4.46. The van der Waals surface area contributed by atoms with Crippen LogP contribution < -0.4 is 10.2 Å². The Morgan fingerprint density at radius 3 is 2.72 bits per heavy atom. The first kappa shape index (κ1) is 20.0. The highest BCUT2D eigenvalue weighted by Gasteiger charge is 2.20. The molecule has 0 aromatic carbocycles. The Balaban J connectivity index is 0.00000225. The molecule has 1 aliphatic rings. The number of halogens is 1. The number of nitrogens with zero attached hydrogens (tertiary/aromatic N) is 4. The van der Waals surface area contributed by atoms with Crippen LogP contribution in [0.3, 0.4) is 0 Å². The largest absolute Gasteiger partial charge is 0.360 e. The van der Waals surface area contributed by atoms with Crippen molar-refractivity contribution in [1.29, 1.82) is 0 Å². The number of rotatable bonds is 4. The summed E-state index contributed by atoms with van der Waals surface area (Å²) in [7, 11) is 1.87. The standard InChI is InChI=1S/C18H25N5S.HI/c1-15-14-20-7-5-16(15)6-8-21-18(19-2)23-11-9-22(10-12-23)17-4-3-13-24-17;/h3-5,7,13-14H,6,8-12H2,1-2H3,(H,19,21);1H. The van der Waals surface area contributed by atoms with Crippen LogP contribution in [0.5, 0.6) is 0 Å². The zero-order chi connectivity index (χ0) is 16.8. The second kappa shape index (κ2) is 9.96. The second-order valence-corrected chi connectivity index (χ2v) is 6.88. The molecule has 3 rings (SSSR count). The van der Waals surface area contributed by atoms with Gasteiger partial charge >= 0.3 is 0 Å². The molecule has 3 heterocycles. The van der Waals surface area contributed by atoms with Crippen molar-refractivity contribution in [3.63, 3.8) is 0 Å². The van der Waals surface area contributed by atoms with Crippen LogP contribution in [0.2, 0.25) is 0 Å². The molecule has 0 atom stereocenters. The van der Waals surface area contributed by atoms with E-state index in [1.807, 2.05) is 30.8 Å². The number of hydrogen-bond donors (Lipinski definition) is 1. The van der Waals surface area contributed by atoms with Gasteiger partial charge in [0, 0.05) is 52.2 Å². The normalized spacial score (nSPS) is 15.0. The zero-order valence-electron chi connectivity index (χ0n) is 14.8. The Morgan fingerprint density at radius 1 is 1.28 bits per heavy atom. The summed E-state index contributed by atoms with van der Waals surface area (Å²) < 4.78 is 0. The Morgan fingerprint density at radius 2 is 2.08 bits per heavy atom. The lowest BCUT2D eigenvalue weighted by atomic mass is 10.1. The monoisotopic (exact) mass is 471 g/mol. The van der Waals surface area contributed by atoms with Gasteiger partial charge in [-0.25, -0.2) is 0 Å². The summed E-state index contributed by atoms with van der Waals surface area (Å²) in [4.78, 5) is 13.4. The highest BCUT2D eigenvalue weighted by atomic mass is 127. The number of nitrogens with one attached hydrogen (secondary N) is 1. The van der Waals surface area contributed by atoms with Crippen LogP contribution in [0.25, 0.3) is 0 Å². The third-order valence-electron chi connectivity index (χ3n) is 4.42. The Kier molecular flexibility index (Phi) is 7.95. The summed E-state index contributed by atoms with van der Waals surface area (Å²) in [5.74, 6) is 1.01. The minimum Gasteiger partial charge on any atom is -0.360 e. The number of aryl methyl sites for hydroxylation is 1. The number of anilines is 1. The number of pyridine rings is 1. The van der Waals surface area contributed by atoms with Gasteiger partial charge in [0.1, 0.15) is 0 Å². The maximum Gasteiger partial charge on any atom is 0.193 e. The van der Waals surface area contributed by atoms with E-state index >= 15 is 0 Å². The van der Waals surface area contributed by atoms with Crippen molar-refractivity contribution in [2.45, 2.75) is 13.3 Å². The van der Waals surface area contributed by atoms with Crippen molar-refractivity contribution in [2.24, 2.45) is 4.99 Å². The number of aliphatic imine (C=N–C) groups is 1. The number of guanidine groups is 1. The number of piperazine rings is 1. The van der Waals surface area contributed by atoms with E-state index in [0.717, 1.165) is 45.1 Å². The third kappa shape index (κ3) is 5.31. The summed E-state index contributed by atoms with van der Waals surface area (Å²) >= 11 is 1.81. The van der Waals surface area contributed by atoms with E-state index in [9.17, 15) is 0 Å². The van der Waals surface area contributed by atoms with Crippen LogP contribution in [0.4, 0.5) is 5.00 Å². The van der Waals surface area contributed by atoms with Gasteiger partial charge in [-0.1, -0.05) is 0 Å². The predicted molar refractivity (Wildman–Crippen MR) is 118 cm³/mol. The first-order chi connectivity index (χ1) is 11.8. The van der Waals surface area contributed by atoms with E-state index in [-0.39, 0.29) is 24.0 Å². The molecule has 1 aliphatic heterocycles.